The van der Waals surface area contributed by atoms with Gasteiger partial charge in [-0.05, 0) is 41.4 Å². The lowest BCUT2D eigenvalue weighted by Crippen LogP contribution is -2.05. The first-order valence-corrected chi connectivity index (χ1v) is 5.78. The first kappa shape index (κ1) is 13.6. The lowest BCUT2D eigenvalue weighted by Gasteiger charge is -2.13. The molecule has 0 aliphatic rings. The monoisotopic (exact) mass is 296 g/mol. The van der Waals surface area contributed by atoms with E-state index in [9.17, 15) is 4.79 Å². The second-order valence-electron chi connectivity index (χ2n) is 3.36. The summed E-state index contributed by atoms with van der Waals surface area (Å²) in [5.41, 5.74) is 1.75. The summed E-state index contributed by atoms with van der Waals surface area (Å²) in [6.07, 6.45) is 0. The Morgan fingerprint density at radius 3 is 2.59 bits per heavy atom. The molecule has 1 aromatic carbocycles. The molecule has 4 heteroatoms. The zero-order valence-corrected chi connectivity index (χ0v) is 11.8. The number of hydrogen-bond donors (Lipinski definition) is 0. The van der Waals surface area contributed by atoms with E-state index in [0.717, 1.165) is 11.1 Å². The van der Waals surface area contributed by atoms with Crippen LogP contribution in [0.5, 0.6) is 11.5 Å². The average Bonchev–Trinajstić information content (AvgIpc) is 2.28. The summed E-state index contributed by atoms with van der Waals surface area (Å²) in [5, 5.41) is 0. The highest BCUT2D eigenvalue weighted by atomic mass is 79.9. The maximum atomic E-state index is 11.0. The van der Waals surface area contributed by atoms with Gasteiger partial charge in [-0.3, -0.25) is 4.79 Å². The molecule has 0 saturated heterocycles. The molecular weight excluding hydrogens is 284 g/mol. The van der Waals surface area contributed by atoms with Crippen LogP contribution in [0.2, 0.25) is 0 Å². The van der Waals surface area contributed by atoms with Crippen molar-refractivity contribution in [3.05, 3.63) is 21.7 Å². The van der Waals surface area contributed by atoms with Crippen molar-refractivity contribution in [2.45, 2.75) is 20.8 Å². The molecule has 0 heterocycles. The predicted molar refractivity (Wildman–Crippen MR) is 69.3 cm³/mol. The fourth-order valence-corrected chi connectivity index (χ4v) is 1.85. The molecule has 0 unspecified atom stereocenters. The van der Waals surface area contributed by atoms with Gasteiger partial charge in [-0.25, -0.2) is 0 Å². The van der Waals surface area contributed by atoms with Gasteiger partial charge in [0.25, 0.3) is 0 Å². The number of ether oxygens (including phenoxy) is 2. The van der Waals surface area contributed by atoms with Gasteiger partial charge < -0.3 is 9.47 Å². The number of esters is 1. The Balaban J connectivity index is 3.43. The molecule has 0 amide bonds. The second-order valence-corrected chi connectivity index (χ2v) is 4.16. The number of benzene rings is 1. The standard InChI is InChI=1S/C13H13BrO3/c1-5-6-10-7-11(16-4)13(17-9(3)15)12(14)8(10)2/h7H,1-4H3. The molecule has 0 aliphatic heterocycles. The molecular formula is C13H13BrO3. The third-order valence-electron chi connectivity index (χ3n) is 2.16. The van der Waals surface area contributed by atoms with Crippen LogP contribution in [0.1, 0.15) is 25.0 Å². The Kier molecular flexibility index (Phi) is 4.59. The van der Waals surface area contributed by atoms with E-state index >= 15 is 0 Å². The molecule has 0 spiro atoms. The lowest BCUT2D eigenvalue weighted by atomic mass is 10.1. The van der Waals surface area contributed by atoms with Gasteiger partial charge >= 0.3 is 5.97 Å². The topological polar surface area (TPSA) is 35.5 Å². The Hall–Kier alpha value is -1.47. The summed E-state index contributed by atoms with van der Waals surface area (Å²) in [6.45, 7) is 5.01. The average molecular weight is 297 g/mol. The van der Waals surface area contributed by atoms with Crippen LogP contribution < -0.4 is 9.47 Å². The highest BCUT2D eigenvalue weighted by molar-refractivity contribution is 9.10. The first-order chi connectivity index (χ1) is 8.01. The summed E-state index contributed by atoms with van der Waals surface area (Å²) in [5.74, 6) is 6.28. The molecule has 0 saturated carbocycles. The van der Waals surface area contributed by atoms with E-state index in [2.05, 4.69) is 27.8 Å². The Labute approximate surface area is 109 Å². The molecule has 3 nitrogen and oxygen atoms in total. The highest BCUT2D eigenvalue weighted by Crippen LogP contribution is 2.39. The van der Waals surface area contributed by atoms with Gasteiger partial charge in [-0.1, -0.05) is 5.92 Å². The van der Waals surface area contributed by atoms with Crippen LogP contribution in [0.4, 0.5) is 0 Å². The zero-order valence-electron chi connectivity index (χ0n) is 10.2. The van der Waals surface area contributed by atoms with Gasteiger partial charge in [0.1, 0.15) is 0 Å². The zero-order chi connectivity index (χ0) is 13.0. The summed E-state index contributed by atoms with van der Waals surface area (Å²) in [6, 6.07) is 1.76. The van der Waals surface area contributed by atoms with E-state index in [-0.39, 0.29) is 0 Å². The Morgan fingerprint density at radius 2 is 2.12 bits per heavy atom. The van der Waals surface area contributed by atoms with E-state index in [1.54, 1.807) is 13.0 Å². The third kappa shape index (κ3) is 3.01. The van der Waals surface area contributed by atoms with E-state index in [1.165, 1.54) is 14.0 Å². The summed E-state index contributed by atoms with van der Waals surface area (Å²) >= 11 is 3.40. The van der Waals surface area contributed by atoms with Crippen LogP contribution in [0, 0.1) is 18.8 Å². The minimum absolute atomic E-state index is 0.388. The number of carbonyl (C=O) groups excluding carboxylic acids is 1. The normalized spacial score (nSPS) is 9.24. The van der Waals surface area contributed by atoms with E-state index < -0.39 is 5.97 Å². The molecule has 0 atom stereocenters. The van der Waals surface area contributed by atoms with Crippen molar-refractivity contribution in [1.82, 2.24) is 0 Å². The van der Waals surface area contributed by atoms with Crippen molar-refractivity contribution in [3.63, 3.8) is 0 Å². The Morgan fingerprint density at radius 1 is 1.47 bits per heavy atom. The van der Waals surface area contributed by atoms with Crippen LogP contribution in [0.25, 0.3) is 0 Å². The molecule has 0 N–H and O–H groups in total. The summed E-state index contributed by atoms with van der Waals surface area (Å²) in [7, 11) is 1.52. The van der Waals surface area contributed by atoms with Crippen molar-refractivity contribution in [2.24, 2.45) is 0 Å². The Bertz CT molecular complexity index is 510. The highest BCUT2D eigenvalue weighted by Gasteiger charge is 2.16. The molecule has 0 aromatic heterocycles. The smallest absolute Gasteiger partial charge is 0.308 e. The van der Waals surface area contributed by atoms with Crippen molar-refractivity contribution < 1.29 is 14.3 Å². The molecule has 0 fully saturated rings. The van der Waals surface area contributed by atoms with Gasteiger partial charge in [0.05, 0.1) is 11.6 Å². The molecule has 0 radical (unpaired) electrons. The first-order valence-electron chi connectivity index (χ1n) is 4.99. The quantitative estimate of drug-likeness (QED) is 0.478. The fraction of sp³-hybridized carbons (Fsp3) is 0.308. The minimum Gasteiger partial charge on any atom is -0.493 e. The number of rotatable bonds is 2. The number of methoxy groups -OCH3 is 1. The van der Waals surface area contributed by atoms with Gasteiger partial charge in [0.15, 0.2) is 11.5 Å². The van der Waals surface area contributed by atoms with E-state index in [0.29, 0.717) is 16.0 Å². The largest absolute Gasteiger partial charge is 0.493 e. The van der Waals surface area contributed by atoms with E-state index in [4.69, 9.17) is 9.47 Å². The SMILES string of the molecule is CC#Cc1cc(OC)c(OC(C)=O)c(Br)c1C. The van der Waals surface area contributed by atoms with Gasteiger partial charge in [-0.2, -0.15) is 0 Å². The predicted octanol–water partition coefficient (Wildman–Crippen LogP) is 3.06. The molecule has 0 bridgehead atoms. The summed E-state index contributed by atoms with van der Waals surface area (Å²) in [4.78, 5) is 11.0. The van der Waals surface area contributed by atoms with Gasteiger partial charge in [0.2, 0.25) is 0 Å². The summed E-state index contributed by atoms with van der Waals surface area (Å²) < 4.78 is 11.0. The number of carbonyl (C=O) groups is 1. The number of hydrogen-bond acceptors (Lipinski definition) is 3. The fourth-order valence-electron chi connectivity index (χ4n) is 1.36. The molecule has 0 aliphatic carbocycles. The van der Waals surface area contributed by atoms with Gasteiger partial charge in [0, 0.05) is 12.5 Å². The maximum absolute atomic E-state index is 11.0. The molecule has 90 valence electrons. The van der Waals surface area contributed by atoms with Gasteiger partial charge in [-0.15, -0.1) is 5.92 Å². The van der Waals surface area contributed by atoms with Crippen LogP contribution >= 0.6 is 15.9 Å². The van der Waals surface area contributed by atoms with Crippen LogP contribution in [-0.4, -0.2) is 13.1 Å². The van der Waals surface area contributed by atoms with Crippen molar-refractivity contribution in [2.75, 3.05) is 7.11 Å². The maximum Gasteiger partial charge on any atom is 0.308 e. The van der Waals surface area contributed by atoms with Crippen LogP contribution in [-0.2, 0) is 4.79 Å². The van der Waals surface area contributed by atoms with E-state index in [1.807, 2.05) is 6.92 Å². The molecule has 1 aromatic rings. The van der Waals surface area contributed by atoms with Crippen molar-refractivity contribution in [1.29, 1.82) is 0 Å². The number of halogens is 1. The third-order valence-corrected chi connectivity index (χ3v) is 3.11. The lowest BCUT2D eigenvalue weighted by molar-refractivity contribution is -0.132. The molecule has 17 heavy (non-hydrogen) atoms. The van der Waals surface area contributed by atoms with Crippen molar-refractivity contribution >= 4 is 21.9 Å². The van der Waals surface area contributed by atoms with Crippen molar-refractivity contribution in [3.8, 4) is 23.3 Å². The van der Waals surface area contributed by atoms with Crippen LogP contribution in [0.15, 0.2) is 10.5 Å². The second kappa shape index (κ2) is 5.74. The molecule has 1 rings (SSSR count). The van der Waals surface area contributed by atoms with Crippen LogP contribution in [0.3, 0.4) is 0 Å². The minimum atomic E-state index is -0.391.